The highest BCUT2D eigenvalue weighted by Crippen LogP contribution is 2.20. The van der Waals surface area contributed by atoms with Crippen molar-refractivity contribution in [3.63, 3.8) is 0 Å². The molecule has 2 aromatic heterocycles. The summed E-state index contributed by atoms with van der Waals surface area (Å²) in [6.45, 7) is 0.706. The van der Waals surface area contributed by atoms with E-state index in [1.165, 1.54) is 11.8 Å². The molecular formula is C9H14N6O2S. The lowest BCUT2D eigenvalue weighted by Gasteiger charge is -1.99. The zero-order chi connectivity index (χ0) is 13.0. The Kier molecular flexibility index (Phi) is 4.28. The van der Waals surface area contributed by atoms with Gasteiger partial charge in [0, 0.05) is 14.2 Å². The zero-order valence-electron chi connectivity index (χ0n) is 10.2. The molecule has 0 atom stereocenters. The van der Waals surface area contributed by atoms with Crippen LogP contribution in [0.15, 0.2) is 9.68 Å². The highest BCUT2D eigenvalue weighted by molar-refractivity contribution is 7.98. The van der Waals surface area contributed by atoms with Crippen LogP contribution in [0.4, 0.5) is 0 Å². The third kappa shape index (κ3) is 2.86. The van der Waals surface area contributed by atoms with E-state index < -0.39 is 0 Å². The summed E-state index contributed by atoms with van der Waals surface area (Å²) in [5.74, 6) is 2.34. The van der Waals surface area contributed by atoms with Gasteiger partial charge in [-0.15, -0.1) is 10.2 Å². The number of hydrogen-bond acceptors (Lipinski definition) is 8. The molecule has 2 heterocycles. The van der Waals surface area contributed by atoms with Gasteiger partial charge in [-0.2, -0.15) is 4.98 Å². The largest absolute Gasteiger partial charge is 0.377 e. The number of nitrogens with two attached hydrogens (primary N) is 1. The summed E-state index contributed by atoms with van der Waals surface area (Å²) in [5, 5.41) is 12.5. The van der Waals surface area contributed by atoms with Crippen molar-refractivity contribution in [2.24, 2.45) is 12.8 Å². The molecule has 18 heavy (non-hydrogen) atoms. The van der Waals surface area contributed by atoms with Crippen LogP contribution in [0.5, 0.6) is 0 Å². The number of nitrogens with zero attached hydrogens (tertiary/aromatic N) is 5. The number of ether oxygens (including phenoxy) is 1. The Morgan fingerprint density at radius 1 is 1.44 bits per heavy atom. The molecule has 0 aliphatic rings. The average Bonchev–Trinajstić information content (AvgIpc) is 2.94. The third-order valence-electron chi connectivity index (χ3n) is 2.22. The summed E-state index contributed by atoms with van der Waals surface area (Å²) in [7, 11) is 3.45. The molecule has 0 radical (unpaired) electrons. The summed E-state index contributed by atoms with van der Waals surface area (Å²) in [5.41, 5.74) is 5.52. The second-order valence-corrected chi connectivity index (χ2v) is 4.43. The summed E-state index contributed by atoms with van der Waals surface area (Å²) in [6.07, 6.45) is 0. The van der Waals surface area contributed by atoms with E-state index in [1.54, 1.807) is 7.11 Å². The molecule has 0 unspecified atom stereocenters. The summed E-state index contributed by atoms with van der Waals surface area (Å²) < 4.78 is 11.8. The second-order valence-electron chi connectivity index (χ2n) is 3.49. The van der Waals surface area contributed by atoms with E-state index in [0.717, 1.165) is 11.0 Å². The first-order chi connectivity index (χ1) is 8.74. The third-order valence-corrected chi connectivity index (χ3v) is 3.22. The van der Waals surface area contributed by atoms with Gasteiger partial charge in [-0.05, 0) is 0 Å². The number of methoxy groups -OCH3 is 1. The molecule has 2 rings (SSSR count). The maximum absolute atomic E-state index is 5.52. The lowest BCUT2D eigenvalue weighted by molar-refractivity contribution is 0.174. The summed E-state index contributed by atoms with van der Waals surface area (Å²) in [6, 6.07) is 0. The maximum atomic E-state index is 5.52. The lowest BCUT2D eigenvalue weighted by Crippen LogP contribution is -2.05. The molecule has 0 fully saturated rings. The Morgan fingerprint density at radius 3 is 2.94 bits per heavy atom. The Bertz CT molecular complexity index is 511. The molecule has 0 saturated heterocycles. The number of aromatic nitrogens is 5. The minimum atomic E-state index is 0.343. The number of hydrogen-bond donors (Lipinski definition) is 1. The van der Waals surface area contributed by atoms with Gasteiger partial charge in [0.1, 0.15) is 12.4 Å². The van der Waals surface area contributed by atoms with Crippen LogP contribution in [0.2, 0.25) is 0 Å². The topological polar surface area (TPSA) is 105 Å². The van der Waals surface area contributed by atoms with Gasteiger partial charge >= 0.3 is 0 Å². The second kappa shape index (κ2) is 5.94. The first kappa shape index (κ1) is 13.0. The zero-order valence-corrected chi connectivity index (χ0v) is 11.0. The molecule has 0 saturated carbocycles. The van der Waals surface area contributed by atoms with Gasteiger partial charge in [-0.3, -0.25) is 0 Å². The normalized spacial score (nSPS) is 11.1. The number of thioether (sulfide) groups is 1. The maximum Gasteiger partial charge on any atom is 0.237 e. The summed E-state index contributed by atoms with van der Waals surface area (Å²) >= 11 is 1.46. The minimum absolute atomic E-state index is 0.343. The predicted molar refractivity (Wildman–Crippen MR) is 63.5 cm³/mol. The molecule has 0 aromatic carbocycles. The number of rotatable bonds is 6. The molecule has 0 aliphatic heterocycles. The van der Waals surface area contributed by atoms with Gasteiger partial charge in [0.2, 0.25) is 5.89 Å². The Hall–Kier alpha value is -1.45. The van der Waals surface area contributed by atoms with Gasteiger partial charge in [0.05, 0.1) is 12.3 Å². The van der Waals surface area contributed by atoms with Crippen molar-refractivity contribution in [3.05, 3.63) is 17.5 Å². The first-order valence-corrected chi connectivity index (χ1v) is 6.24. The highest BCUT2D eigenvalue weighted by Gasteiger charge is 2.11. The van der Waals surface area contributed by atoms with Crippen LogP contribution in [0.25, 0.3) is 0 Å². The van der Waals surface area contributed by atoms with E-state index in [9.17, 15) is 0 Å². The molecule has 0 amide bonds. The SMILES string of the molecule is COCc1noc(CSc2nnc(CN)n2C)n1. The molecule has 2 N–H and O–H groups in total. The van der Waals surface area contributed by atoms with Crippen LogP contribution in [0, 0.1) is 0 Å². The molecule has 98 valence electrons. The Labute approximate surface area is 108 Å². The van der Waals surface area contributed by atoms with Crippen LogP contribution >= 0.6 is 11.8 Å². The molecule has 9 heteroatoms. The molecule has 0 bridgehead atoms. The monoisotopic (exact) mass is 270 g/mol. The molecular weight excluding hydrogens is 256 g/mol. The van der Waals surface area contributed by atoms with E-state index in [1.807, 2.05) is 11.6 Å². The van der Waals surface area contributed by atoms with E-state index in [-0.39, 0.29) is 0 Å². The summed E-state index contributed by atoms with van der Waals surface area (Å²) in [4.78, 5) is 4.17. The lowest BCUT2D eigenvalue weighted by atomic mass is 10.6. The fourth-order valence-electron chi connectivity index (χ4n) is 1.31. The van der Waals surface area contributed by atoms with Crippen LogP contribution in [0.1, 0.15) is 17.5 Å². The molecule has 8 nitrogen and oxygen atoms in total. The smallest absolute Gasteiger partial charge is 0.237 e. The van der Waals surface area contributed by atoms with Gasteiger partial charge in [0.25, 0.3) is 0 Å². The molecule has 2 aromatic rings. The van der Waals surface area contributed by atoms with Crippen molar-refractivity contribution < 1.29 is 9.26 Å². The van der Waals surface area contributed by atoms with Gasteiger partial charge in [-0.1, -0.05) is 16.9 Å². The molecule has 0 spiro atoms. The van der Waals surface area contributed by atoms with E-state index in [2.05, 4.69) is 20.3 Å². The average molecular weight is 270 g/mol. The van der Waals surface area contributed by atoms with Crippen LogP contribution in [-0.4, -0.2) is 32.0 Å². The van der Waals surface area contributed by atoms with E-state index >= 15 is 0 Å². The van der Waals surface area contributed by atoms with Crippen LogP contribution in [0.3, 0.4) is 0 Å². The van der Waals surface area contributed by atoms with Crippen LogP contribution in [-0.2, 0) is 30.7 Å². The highest BCUT2D eigenvalue weighted by atomic mass is 32.2. The van der Waals surface area contributed by atoms with Crippen molar-refractivity contribution in [3.8, 4) is 0 Å². The van der Waals surface area contributed by atoms with Crippen molar-refractivity contribution in [2.75, 3.05) is 7.11 Å². The Balaban J connectivity index is 1.95. The fourth-order valence-corrected chi connectivity index (χ4v) is 2.08. The van der Waals surface area contributed by atoms with Gasteiger partial charge in [-0.25, -0.2) is 0 Å². The van der Waals surface area contributed by atoms with E-state index in [0.29, 0.717) is 30.6 Å². The van der Waals surface area contributed by atoms with E-state index in [4.69, 9.17) is 15.0 Å². The van der Waals surface area contributed by atoms with Gasteiger partial charge in [0.15, 0.2) is 11.0 Å². The quantitative estimate of drug-likeness (QED) is 0.737. The predicted octanol–water partition coefficient (Wildman–Crippen LogP) is 0.0955. The standard InChI is InChI=1S/C9H14N6O2S/c1-15-7(3-10)12-13-9(15)18-5-8-11-6(4-16-2)14-17-8/h3-5,10H2,1-2H3. The minimum Gasteiger partial charge on any atom is -0.377 e. The van der Waals surface area contributed by atoms with Crippen molar-refractivity contribution in [1.29, 1.82) is 0 Å². The molecule has 0 aliphatic carbocycles. The van der Waals surface area contributed by atoms with Crippen molar-refractivity contribution >= 4 is 11.8 Å². The van der Waals surface area contributed by atoms with Gasteiger partial charge < -0.3 is 19.6 Å². The Morgan fingerprint density at radius 2 is 2.28 bits per heavy atom. The fraction of sp³-hybridized carbons (Fsp3) is 0.556. The van der Waals surface area contributed by atoms with Crippen molar-refractivity contribution in [1.82, 2.24) is 24.9 Å². The first-order valence-electron chi connectivity index (χ1n) is 5.26. The van der Waals surface area contributed by atoms with Crippen LogP contribution < -0.4 is 5.73 Å². The van der Waals surface area contributed by atoms with Crippen molar-refractivity contribution in [2.45, 2.75) is 24.1 Å².